The van der Waals surface area contributed by atoms with Crippen LogP contribution >= 0.6 is 0 Å². The van der Waals surface area contributed by atoms with Gasteiger partial charge in [-0.1, -0.05) is 19.3 Å². The van der Waals surface area contributed by atoms with Gasteiger partial charge in [-0.05, 0) is 25.3 Å². The van der Waals surface area contributed by atoms with Crippen LogP contribution in [-0.4, -0.2) is 24.2 Å². The summed E-state index contributed by atoms with van der Waals surface area (Å²) in [6.07, 6.45) is 5.48. The highest BCUT2D eigenvalue weighted by Gasteiger charge is 2.49. The average Bonchev–Trinajstić information content (AvgIpc) is 2.40. The molecule has 0 spiro atoms. The molecule has 1 saturated heterocycles. The summed E-state index contributed by atoms with van der Waals surface area (Å²) in [6, 6.07) is 0. The van der Waals surface area contributed by atoms with Crippen molar-refractivity contribution in [3.8, 4) is 0 Å². The molecule has 2 atom stereocenters. The molecule has 74 valence electrons. The topological polar surface area (TPSA) is 49.3 Å². The number of fused-ring (bicyclic) bond motifs is 1. The first-order valence-electron chi connectivity index (χ1n) is 5.20. The van der Waals surface area contributed by atoms with Crippen LogP contribution in [0.2, 0.25) is 0 Å². The van der Waals surface area contributed by atoms with E-state index in [1.165, 1.54) is 12.8 Å². The van der Waals surface area contributed by atoms with Crippen LogP contribution in [0.25, 0.3) is 0 Å². The first-order chi connectivity index (χ1) is 6.26. The molecule has 0 aromatic rings. The van der Waals surface area contributed by atoms with E-state index in [-0.39, 0.29) is 0 Å². The number of carboxylic acids is 1. The van der Waals surface area contributed by atoms with Gasteiger partial charge in [0.1, 0.15) is 0 Å². The molecule has 1 saturated carbocycles. The summed E-state index contributed by atoms with van der Waals surface area (Å²) in [5.41, 5.74) is -0.420. The normalized spacial score (nSPS) is 39.5. The van der Waals surface area contributed by atoms with E-state index in [9.17, 15) is 9.90 Å². The molecule has 0 bridgehead atoms. The zero-order chi connectivity index (χ0) is 9.31. The predicted molar refractivity (Wildman–Crippen MR) is 49.5 cm³/mol. The first-order valence-corrected chi connectivity index (χ1v) is 5.20. The lowest BCUT2D eigenvalue weighted by Gasteiger charge is -2.27. The fourth-order valence-corrected chi connectivity index (χ4v) is 2.85. The van der Waals surface area contributed by atoms with Gasteiger partial charge in [0.15, 0.2) is 0 Å². The van der Waals surface area contributed by atoms with Gasteiger partial charge in [0.25, 0.3) is 0 Å². The molecule has 0 amide bonds. The largest absolute Gasteiger partial charge is 0.481 e. The molecule has 1 heterocycles. The van der Waals surface area contributed by atoms with Crippen molar-refractivity contribution in [3.05, 3.63) is 0 Å². The molecule has 0 aromatic carbocycles. The van der Waals surface area contributed by atoms with Crippen LogP contribution in [0.3, 0.4) is 0 Å². The van der Waals surface area contributed by atoms with Crippen LogP contribution in [0, 0.1) is 11.3 Å². The van der Waals surface area contributed by atoms with Crippen LogP contribution in [0.4, 0.5) is 0 Å². The maximum Gasteiger partial charge on any atom is 0.311 e. The minimum atomic E-state index is -0.579. The maximum atomic E-state index is 11.3. The molecular formula is C10H17NO2. The lowest BCUT2D eigenvalue weighted by molar-refractivity contribution is -0.150. The molecule has 3 heteroatoms. The smallest absolute Gasteiger partial charge is 0.311 e. The van der Waals surface area contributed by atoms with Crippen molar-refractivity contribution in [2.75, 3.05) is 13.1 Å². The number of aliphatic carboxylic acids is 1. The number of carbonyl (C=O) groups is 1. The molecule has 2 aliphatic rings. The second kappa shape index (κ2) is 3.29. The summed E-state index contributed by atoms with van der Waals surface area (Å²) in [6.45, 7) is 1.60. The highest BCUT2D eigenvalue weighted by atomic mass is 16.4. The van der Waals surface area contributed by atoms with Gasteiger partial charge in [0.2, 0.25) is 0 Å². The molecule has 2 rings (SSSR count). The Kier molecular flexibility index (Phi) is 2.28. The Bertz CT molecular complexity index is 217. The zero-order valence-corrected chi connectivity index (χ0v) is 7.88. The van der Waals surface area contributed by atoms with E-state index in [0.29, 0.717) is 12.5 Å². The molecule has 2 fully saturated rings. The van der Waals surface area contributed by atoms with Crippen LogP contribution in [0.1, 0.15) is 32.1 Å². The quantitative estimate of drug-likeness (QED) is 0.643. The van der Waals surface area contributed by atoms with E-state index in [0.717, 1.165) is 25.8 Å². The lowest BCUT2D eigenvalue weighted by Crippen LogP contribution is -2.38. The van der Waals surface area contributed by atoms with Gasteiger partial charge < -0.3 is 10.4 Å². The zero-order valence-electron chi connectivity index (χ0n) is 7.88. The van der Waals surface area contributed by atoms with E-state index in [2.05, 4.69) is 5.32 Å². The van der Waals surface area contributed by atoms with Gasteiger partial charge >= 0.3 is 5.97 Å². The highest BCUT2D eigenvalue weighted by molar-refractivity contribution is 5.76. The van der Waals surface area contributed by atoms with E-state index in [1.807, 2.05) is 0 Å². The third kappa shape index (κ3) is 1.35. The molecule has 2 N–H and O–H groups in total. The van der Waals surface area contributed by atoms with Crippen molar-refractivity contribution in [2.45, 2.75) is 32.1 Å². The molecule has 0 unspecified atom stereocenters. The Labute approximate surface area is 78.5 Å². The Morgan fingerprint density at radius 2 is 2.23 bits per heavy atom. The molecule has 0 radical (unpaired) electrons. The standard InChI is InChI=1S/C10H17NO2/c12-9(13)10-5-3-1-2-4-8(10)6-11-7-10/h8,11H,1-7H2,(H,12,13)/t8-,10-/m1/s1. The van der Waals surface area contributed by atoms with Crippen molar-refractivity contribution >= 4 is 5.97 Å². The average molecular weight is 183 g/mol. The highest BCUT2D eigenvalue weighted by Crippen LogP contribution is 2.42. The van der Waals surface area contributed by atoms with Gasteiger partial charge in [-0.25, -0.2) is 0 Å². The van der Waals surface area contributed by atoms with Crippen molar-refractivity contribution in [1.29, 1.82) is 0 Å². The molecule has 0 aromatic heterocycles. The minimum absolute atomic E-state index is 0.382. The fourth-order valence-electron chi connectivity index (χ4n) is 2.85. The summed E-state index contributed by atoms with van der Waals surface area (Å²) in [7, 11) is 0. The minimum Gasteiger partial charge on any atom is -0.481 e. The van der Waals surface area contributed by atoms with Crippen molar-refractivity contribution in [3.63, 3.8) is 0 Å². The summed E-state index contributed by atoms with van der Waals surface area (Å²) in [5.74, 6) is -0.197. The monoisotopic (exact) mass is 183 g/mol. The third-order valence-corrected chi connectivity index (χ3v) is 3.71. The second-order valence-corrected chi connectivity index (χ2v) is 4.39. The number of rotatable bonds is 1. The molecular weight excluding hydrogens is 166 g/mol. The molecule has 13 heavy (non-hydrogen) atoms. The first kappa shape index (κ1) is 9.00. The predicted octanol–water partition coefficient (Wildman–Crippen LogP) is 1.24. The van der Waals surface area contributed by atoms with E-state index >= 15 is 0 Å². The van der Waals surface area contributed by atoms with Crippen LogP contribution in [0.5, 0.6) is 0 Å². The second-order valence-electron chi connectivity index (χ2n) is 4.39. The van der Waals surface area contributed by atoms with Crippen LogP contribution < -0.4 is 5.32 Å². The van der Waals surface area contributed by atoms with Crippen molar-refractivity contribution < 1.29 is 9.90 Å². The van der Waals surface area contributed by atoms with Gasteiger partial charge in [0.05, 0.1) is 5.41 Å². The van der Waals surface area contributed by atoms with Gasteiger partial charge in [0, 0.05) is 6.54 Å². The summed E-state index contributed by atoms with van der Waals surface area (Å²) < 4.78 is 0. The Balaban J connectivity index is 2.22. The van der Waals surface area contributed by atoms with E-state index in [4.69, 9.17) is 0 Å². The van der Waals surface area contributed by atoms with Gasteiger partial charge in [-0.3, -0.25) is 4.79 Å². The lowest BCUT2D eigenvalue weighted by atomic mass is 9.74. The molecule has 1 aliphatic carbocycles. The fraction of sp³-hybridized carbons (Fsp3) is 0.900. The number of nitrogens with one attached hydrogen (secondary N) is 1. The Morgan fingerprint density at radius 3 is 3.00 bits per heavy atom. The van der Waals surface area contributed by atoms with E-state index in [1.54, 1.807) is 0 Å². The summed E-state index contributed by atoms with van der Waals surface area (Å²) in [5, 5.41) is 12.5. The van der Waals surface area contributed by atoms with E-state index < -0.39 is 11.4 Å². The SMILES string of the molecule is O=C(O)[C@@]12CCCCC[C@@H]1CNC2. The summed E-state index contributed by atoms with van der Waals surface area (Å²) in [4.78, 5) is 11.3. The van der Waals surface area contributed by atoms with Crippen LogP contribution in [-0.2, 0) is 4.79 Å². The summed E-state index contributed by atoms with van der Waals surface area (Å²) >= 11 is 0. The maximum absolute atomic E-state index is 11.3. The van der Waals surface area contributed by atoms with Crippen molar-refractivity contribution in [2.24, 2.45) is 11.3 Å². The number of hydrogen-bond donors (Lipinski definition) is 2. The van der Waals surface area contributed by atoms with Crippen LogP contribution in [0.15, 0.2) is 0 Å². The number of hydrogen-bond acceptors (Lipinski definition) is 2. The van der Waals surface area contributed by atoms with Gasteiger partial charge in [-0.15, -0.1) is 0 Å². The third-order valence-electron chi connectivity index (χ3n) is 3.71. The Morgan fingerprint density at radius 1 is 1.38 bits per heavy atom. The Hall–Kier alpha value is -0.570. The van der Waals surface area contributed by atoms with Gasteiger partial charge in [-0.2, -0.15) is 0 Å². The molecule has 1 aliphatic heterocycles. The van der Waals surface area contributed by atoms with Crippen molar-refractivity contribution in [1.82, 2.24) is 5.32 Å². The molecule has 3 nitrogen and oxygen atoms in total. The number of carboxylic acid groups (broad SMARTS) is 1.